The number of hydrogen-bond acceptors (Lipinski definition) is 5. The Labute approximate surface area is 158 Å². The van der Waals surface area contributed by atoms with Gasteiger partial charge < -0.3 is 10.2 Å². The number of thioether (sulfide) groups is 1. The lowest BCUT2D eigenvalue weighted by molar-refractivity contribution is -0.120. The van der Waals surface area contributed by atoms with Crippen molar-refractivity contribution in [2.75, 3.05) is 18.0 Å². The number of rotatable bonds is 6. The predicted molar refractivity (Wildman–Crippen MR) is 104 cm³/mol. The van der Waals surface area contributed by atoms with Crippen LogP contribution >= 0.6 is 11.8 Å². The first-order valence-electron chi connectivity index (χ1n) is 9.36. The highest BCUT2D eigenvalue weighted by molar-refractivity contribution is 8.00. The number of aryl methyl sites for hydroxylation is 1. The molecule has 26 heavy (non-hydrogen) atoms. The van der Waals surface area contributed by atoms with Crippen molar-refractivity contribution in [3.63, 3.8) is 0 Å². The van der Waals surface area contributed by atoms with Gasteiger partial charge in [-0.15, -0.1) is 10.2 Å². The molecule has 7 heteroatoms. The van der Waals surface area contributed by atoms with Crippen LogP contribution in [0.4, 0.5) is 5.95 Å². The molecule has 1 amide bonds. The van der Waals surface area contributed by atoms with Crippen LogP contribution in [0.15, 0.2) is 29.4 Å². The van der Waals surface area contributed by atoms with E-state index in [2.05, 4.69) is 56.2 Å². The number of carbonyl (C=O) groups excluding carboxylic acids is 1. The van der Waals surface area contributed by atoms with Gasteiger partial charge in [0, 0.05) is 19.1 Å². The van der Waals surface area contributed by atoms with Crippen molar-refractivity contribution in [3.8, 4) is 5.69 Å². The van der Waals surface area contributed by atoms with E-state index < -0.39 is 0 Å². The first-order chi connectivity index (χ1) is 12.6. The van der Waals surface area contributed by atoms with E-state index in [-0.39, 0.29) is 11.2 Å². The molecule has 2 fully saturated rings. The van der Waals surface area contributed by atoms with Crippen LogP contribution in [-0.2, 0) is 4.79 Å². The molecule has 1 saturated heterocycles. The van der Waals surface area contributed by atoms with E-state index >= 15 is 0 Å². The number of anilines is 1. The van der Waals surface area contributed by atoms with Gasteiger partial charge in [-0.25, -0.2) is 0 Å². The minimum Gasteiger partial charge on any atom is -0.352 e. The van der Waals surface area contributed by atoms with E-state index in [0.717, 1.165) is 42.7 Å². The van der Waals surface area contributed by atoms with Crippen molar-refractivity contribution in [2.45, 2.75) is 56.0 Å². The highest BCUT2D eigenvalue weighted by Crippen LogP contribution is 2.31. The van der Waals surface area contributed by atoms with Crippen molar-refractivity contribution < 1.29 is 4.79 Å². The lowest BCUT2D eigenvalue weighted by Gasteiger charge is -2.19. The first kappa shape index (κ1) is 17.4. The van der Waals surface area contributed by atoms with Crippen molar-refractivity contribution in [1.82, 2.24) is 20.1 Å². The topological polar surface area (TPSA) is 63.1 Å². The van der Waals surface area contributed by atoms with Crippen LogP contribution < -0.4 is 10.2 Å². The molecule has 1 aromatic carbocycles. The molecule has 2 aromatic rings. The molecule has 2 aliphatic rings. The quantitative estimate of drug-likeness (QED) is 0.791. The number of aromatic nitrogens is 3. The molecule has 1 atom stereocenters. The van der Waals surface area contributed by atoms with Crippen LogP contribution in [0.1, 0.15) is 38.2 Å². The standard InChI is InChI=1S/C19H25N5OS/c1-13-5-9-16(10-6-13)24-18(23-11-3-4-12-23)21-22-19(24)26-14(2)17(25)20-15-7-8-15/h5-6,9-10,14-15H,3-4,7-8,11-12H2,1-2H3,(H,20,25)/t14-/m1/s1. The zero-order valence-corrected chi connectivity index (χ0v) is 16.1. The lowest BCUT2D eigenvalue weighted by Crippen LogP contribution is -2.32. The summed E-state index contributed by atoms with van der Waals surface area (Å²) in [4.78, 5) is 14.6. The molecule has 1 aromatic heterocycles. The highest BCUT2D eigenvalue weighted by Gasteiger charge is 2.28. The Morgan fingerprint density at radius 3 is 2.54 bits per heavy atom. The lowest BCUT2D eigenvalue weighted by atomic mass is 10.2. The minimum absolute atomic E-state index is 0.0821. The number of benzene rings is 1. The Hall–Kier alpha value is -2.02. The highest BCUT2D eigenvalue weighted by atomic mass is 32.2. The summed E-state index contributed by atoms with van der Waals surface area (Å²) >= 11 is 1.48. The fraction of sp³-hybridized carbons (Fsp3) is 0.526. The van der Waals surface area contributed by atoms with E-state index in [1.54, 1.807) is 0 Å². The van der Waals surface area contributed by atoms with Crippen LogP contribution in [0.5, 0.6) is 0 Å². The van der Waals surface area contributed by atoms with Gasteiger partial charge in [0.2, 0.25) is 11.9 Å². The van der Waals surface area contributed by atoms with E-state index in [9.17, 15) is 4.79 Å². The normalized spacial score (nSPS) is 18.2. The van der Waals surface area contributed by atoms with Gasteiger partial charge >= 0.3 is 0 Å². The summed E-state index contributed by atoms with van der Waals surface area (Å²) in [6.45, 7) is 6.03. The van der Waals surface area contributed by atoms with Gasteiger partial charge in [0.25, 0.3) is 0 Å². The molecule has 0 radical (unpaired) electrons. The molecule has 6 nitrogen and oxygen atoms in total. The number of nitrogens with one attached hydrogen (secondary N) is 1. The number of hydrogen-bond donors (Lipinski definition) is 1. The van der Waals surface area contributed by atoms with Gasteiger partial charge in [-0.3, -0.25) is 9.36 Å². The third-order valence-electron chi connectivity index (χ3n) is 4.87. The Kier molecular flexibility index (Phi) is 4.89. The molecule has 1 N–H and O–H groups in total. The zero-order chi connectivity index (χ0) is 18.1. The predicted octanol–water partition coefficient (Wildman–Crippen LogP) is 2.94. The van der Waals surface area contributed by atoms with Gasteiger partial charge in [0.05, 0.1) is 10.9 Å². The van der Waals surface area contributed by atoms with Crippen LogP contribution in [0.3, 0.4) is 0 Å². The van der Waals surface area contributed by atoms with Crippen molar-refractivity contribution in [3.05, 3.63) is 29.8 Å². The van der Waals surface area contributed by atoms with E-state index in [1.807, 2.05) is 6.92 Å². The van der Waals surface area contributed by atoms with Gasteiger partial charge in [0.15, 0.2) is 5.16 Å². The second-order valence-electron chi connectivity index (χ2n) is 7.19. The molecule has 4 rings (SSSR count). The van der Waals surface area contributed by atoms with E-state index in [1.165, 1.54) is 30.2 Å². The minimum atomic E-state index is -0.199. The third kappa shape index (κ3) is 3.72. The fourth-order valence-electron chi connectivity index (χ4n) is 3.14. The van der Waals surface area contributed by atoms with E-state index in [4.69, 9.17) is 0 Å². The van der Waals surface area contributed by atoms with Gasteiger partial charge in [0.1, 0.15) is 0 Å². The summed E-state index contributed by atoms with van der Waals surface area (Å²) < 4.78 is 2.09. The SMILES string of the molecule is Cc1ccc(-n2c(S[C@H](C)C(=O)NC3CC3)nnc2N2CCCC2)cc1. The monoisotopic (exact) mass is 371 g/mol. The summed E-state index contributed by atoms with van der Waals surface area (Å²) in [6.07, 6.45) is 4.57. The molecular formula is C19H25N5OS. The Balaban J connectivity index is 1.62. The molecule has 2 heterocycles. The Bertz CT molecular complexity index is 778. The number of amides is 1. The van der Waals surface area contributed by atoms with Crippen LogP contribution in [0.2, 0.25) is 0 Å². The number of carbonyl (C=O) groups is 1. The van der Waals surface area contributed by atoms with Crippen LogP contribution in [-0.4, -0.2) is 45.1 Å². The molecule has 0 unspecified atom stereocenters. The summed E-state index contributed by atoms with van der Waals surface area (Å²) in [5, 5.41) is 12.5. The first-order valence-corrected chi connectivity index (χ1v) is 10.2. The smallest absolute Gasteiger partial charge is 0.233 e. The van der Waals surface area contributed by atoms with Crippen LogP contribution in [0, 0.1) is 6.92 Å². The molecule has 1 aliphatic carbocycles. The Morgan fingerprint density at radius 2 is 1.88 bits per heavy atom. The largest absolute Gasteiger partial charge is 0.352 e. The van der Waals surface area contributed by atoms with Crippen LogP contribution in [0.25, 0.3) is 5.69 Å². The van der Waals surface area contributed by atoms with Gasteiger partial charge in [-0.05, 0) is 51.7 Å². The second-order valence-corrected chi connectivity index (χ2v) is 8.50. The maximum atomic E-state index is 12.4. The summed E-state index contributed by atoms with van der Waals surface area (Å²) in [7, 11) is 0. The average molecular weight is 372 g/mol. The molecule has 138 valence electrons. The maximum Gasteiger partial charge on any atom is 0.233 e. The van der Waals surface area contributed by atoms with Gasteiger partial charge in [-0.1, -0.05) is 29.5 Å². The zero-order valence-electron chi connectivity index (χ0n) is 15.3. The van der Waals surface area contributed by atoms with Crippen molar-refractivity contribution in [1.29, 1.82) is 0 Å². The fourth-order valence-corrected chi connectivity index (χ4v) is 4.01. The third-order valence-corrected chi connectivity index (χ3v) is 5.92. The summed E-state index contributed by atoms with van der Waals surface area (Å²) in [5.41, 5.74) is 2.26. The summed E-state index contributed by atoms with van der Waals surface area (Å²) in [5.74, 6) is 0.960. The second kappa shape index (κ2) is 7.31. The molecule has 1 aliphatic heterocycles. The molecular weight excluding hydrogens is 346 g/mol. The van der Waals surface area contributed by atoms with Gasteiger partial charge in [-0.2, -0.15) is 0 Å². The van der Waals surface area contributed by atoms with Crippen molar-refractivity contribution in [2.24, 2.45) is 0 Å². The number of nitrogens with zero attached hydrogens (tertiary/aromatic N) is 4. The molecule has 0 bridgehead atoms. The molecule has 1 saturated carbocycles. The van der Waals surface area contributed by atoms with E-state index in [0.29, 0.717) is 6.04 Å². The Morgan fingerprint density at radius 1 is 1.19 bits per heavy atom. The maximum absolute atomic E-state index is 12.4. The molecule has 0 spiro atoms. The van der Waals surface area contributed by atoms with Crippen molar-refractivity contribution >= 4 is 23.6 Å². The average Bonchev–Trinajstić information content (AvgIpc) is 3.11. The summed E-state index contributed by atoms with van der Waals surface area (Å²) in [6, 6.07) is 8.76.